The minimum absolute atomic E-state index is 0.0137. The number of allylic oxidation sites excluding steroid dienone is 1. The molecule has 2 atom stereocenters. The lowest BCUT2D eigenvalue weighted by Gasteiger charge is -2.44. The molecule has 7 rings (SSSR count). The highest BCUT2D eigenvalue weighted by molar-refractivity contribution is 6.99. The third-order valence-corrected chi connectivity index (χ3v) is 18.3. The number of halogens is 2. The van der Waals surface area contributed by atoms with E-state index in [0.717, 1.165) is 30.9 Å². The third kappa shape index (κ3) is 12.4. The van der Waals surface area contributed by atoms with Gasteiger partial charge in [-0.3, -0.25) is 0 Å². The lowest BCUT2D eigenvalue weighted by molar-refractivity contribution is -0.160. The van der Waals surface area contributed by atoms with Gasteiger partial charge in [-0.05, 0) is 113 Å². The standard InChI is InChI=1S/C57H70F2N4O6Si/c1-40(69-70(56(6,7)8,46-27-15-11-16-28-46)47-29-17-12-18-30-47)22-19-20-35-67-57(9)31-33-62(34-32-57)53-50(52(54(64)65)68-55(3,4)5)41(2)60-49-38-45(61-63(49)53)26-21-25-43-36-44(58)37-48(59)51(43)66-39-42-23-13-10-14-24-42/h10-18,21,23-24,26-30,36-38,40,52H,19-20,22,25,31-35,39H2,1-9H3,(H,64,65). The maximum absolute atomic E-state index is 15.1. The fourth-order valence-electron chi connectivity index (χ4n) is 9.62. The molecular formula is C57H70F2N4O6Si. The summed E-state index contributed by atoms with van der Waals surface area (Å²) in [6.45, 7) is 20.5. The van der Waals surface area contributed by atoms with Gasteiger partial charge in [-0.2, -0.15) is 9.61 Å². The number of rotatable bonds is 20. The molecule has 1 saturated heterocycles. The van der Waals surface area contributed by atoms with Crippen molar-refractivity contribution in [2.75, 3.05) is 24.6 Å². The molecule has 0 aliphatic carbocycles. The van der Waals surface area contributed by atoms with Gasteiger partial charge < -0.3 is 28.6 Å². The number of piperidine rings is 1. The molecule has 0 spiro atoms. The Kier molecular flexibility index (Phi) is 16.5. The van der Waals surface area contributed by atoms with Gasteiger partial charge in [0.1, 0.15) is 18.2 Å². The Bertz CT molecular complexity index is 2670. The first-order valence-corrected chi connectivity index (χ1v) is 26.5. The van der Waals surface area contributed by atoms with E-state index in [-0.39, 0.29) is 35.5 Å². The zero-order chi connectivity index (χ0) is 50.3. The number of fused-ring (bicyclic) bond motifs is 1. The zero-order valence-electron chi connectivity index (χ0n) is 42.3. The number of anilines is 1. The van der Waals surface area contributed by atoms with Crippen LogP contribution in [0.15, 0.2) is 115 Å². The number of nitrogens with zero attached hydrogens (tertiary/aromatic N) is 4. The Balaban J connectivity index is 1.05. The summed E-state index contributed by atoms with van der Waals surface area (Å²) >= 11 is 0. The van der Waals surface area contributed by atoms with E-state index in [1.807, 2.05) is 57.2 Å². The monoisotopic (exact) mass is 973 g/mol. The quantitative estimate of drug-likeness (QED) is 0.0591. The van der Waals surface area contributed by atoms with E-state index in [4.69, 9.17) is 28.7 Å². The Morgan fingerprint density at radius 3 is 2.09 bits per heavy atom. The van der Waals surface area contributed by atoms with E-state index in [1.165, 1.54) is 16.4 Å². The fraction of sp³-hybridized carbons (Fsp3) is 0.421. The van der Waals surface area contributed by atoms with Crippen LogP contribution in [0.5, 0.6) is 5.75 Å². The van der Waals surface area contributed by atoms with Gasteiger partial charge in [0.2, 0.25) is 0 Å². The van der Waals surface area contributed by atoms with Crippen LogP contribution in [-0.4, -0.2) is 71.0 Å². The van der Waals surface area contributed by atoms with Crippen LogP contribution >= 0.6 is 0 Å². The molecule has 10 nitrogen and oxygen atoms in total. The molecule has 0 amide bonds. The summed E-state index contributed by atoms with van der Waals surface area (Å²) in [6.07, 6.45) is 6.60. The number of hydrogen-bond acceptors (Lipinski definition) is 8. The van der Waals surface area contributed by atoms with Crippen molar-refractivity contribution in [2.45, 2.75) is 136 Å². The molecule has 6 aromatic rings. The van der Waals surface area contributed by atoms with E-state index in [1.54, 1.807) is 23.6 Å². The number of ether oxygens (including phenoxy) is 3. The smallest absolute Gasteiger partial charge is 0.337 e. The molecule has 1 N–H and O–H groups in total. The van der Waals surface area contributed by atoms with Gasteiger partial charge in [0.15, 0.2) is 23.3 Å². The average Bonchev–Trinajstić information content (AvgIpc) is 3.71. The van der Waals surface area contributed by atoms with Gasteiger partial charge in [0, 0.05) is 49.2 Å². The van der Waals surface area contributed by atoms with Gasteiger partial charge in [0.25, 0.3) is 8.32 Å². The number of aromatic nitrogens is 3. The van der Waals surface area contributed by atoms with Crippen molar-refractivity contribution in [3.05, 3.63) is 155 Å². The number of hydrogen-bond donors (Lipinski definition) is 1. The Hall–Kier alpha value is -5.73. The molecule has 4 aromatic carbocycles. The van der Waals surface area contributed by atoms with Crippen LogP contribution in [-0.2, 0) is 31.7 Å². The minimum atomic E-state index is -2.66. The minimum Gasteiger partial charge on any atom is -0.486 e. The van der Waals surface area contributed by atoms with Crippen molar-refractivity contribution in [2.24, 2.45) is 0 Å². The molecule has 1 aliphatic rings. The predicted octanol–water partition coefficient (Wildman–Crippen LogP) is 11.6. The van der Waals surface area contributed by atoms with E-state index < -0.39 is 37.6 Å². The Morgan fingerprint density at radius 2 is 1.50 bits per heavy atom. The maximum atomic E-state index is 15.1. The van der Waals surface area contributed by atoms with E-state index in [9.17, 15) is 14.3 Å². The average molecular weight is 973 g/mol. The highest BCUT2D eigenvalue weighted by Gasteiger charge is 2.51. The summed E-state index contributed by atoms with van der Waals surface area (Å²) < 4.78 is 57.4. The van der Waals surface area contributed by atoms with Gasteiger partial charge >= 0.3 is 5.97 Å². The van der Waals surface area contributed by atoms with Crippen molar-refractivity contribution in [1.82, 2.24) is 14.6 Å². The van der Waals surface area contributed by atoms with Crippen molar-refractivity contribution in [3.8, 4) is 5.75 Å². The molecule has 70 heavy (non-hydrogen) atoms. The molecule has 0 radical (unpaired) electrons. The summed E-state index contributed by atoms with van der Waals surface area (Å²) in [5.41, 5.74) is 2.05. The molecule has 0 saturated carbocycles. The molecule has 1 aliphatic heterocycles. The summed E-state index contributed by atoms with van der Waals surface area (Å²) in [5.74, 6) is -2.02. The molecule has 13 heteroatoms. The van der Waals surface area contributed by atoms with Gasteiger partial charge in [0.05, 0.1) is 22.5 Å². The lowest BCUT2D eigenvalue weighted by Crippen LogP contribution is -2.67. The number of carbonyl (C=O) groups is 1. The van der Waals surface area contributed by atoms with Crippen molar-refractivity contribution >= 4 is 42.2 Å². The first kappa shape index (κ1) is 52.1. The highest BCUT2D eigenvalue weighted by atomic mass is 28.4. The molecule has 3 heterocycles. The van der Waals surface area contributed by atoms with Crippen molar-refractivity contribution < 1.29 is 37.3 Å². The molecule has 1 fully saturated rings. The molecule has 2 aromatic heterocycles. The second-order valence-electron chi connectivity index (χ2n) is 20.9. The van der Waals surface area contributed by atoms with Crippen LogP contribution in [0.2, 0.25) is 5.04 Å². The number of aryl methyl sites for hydroxylation is 1. The first-order chi connectivity index (χ1) is 33.3. The number of carboxylic acids is 1. The topological polar surface area (TPSA) is 108 Å². The van der Waals surface area contributed by atoms with Gasteiger partial charge in [-0.1, -0.05) is 118 Å². The predicted molar refractivity (Wildman–Crippen MR) is 277 cm³/mol. The van der Waals surface area contributed by atoms with Crippen LogP contribution in [0.3, 0.4) is 0 Å². The Labute approximate surface area is 413 Å². The summed E-state index contributed by atoms with van der Waals surface area (Å²) in [4.78, 5) is 20.1. The molecule has 372 valence electrons. The normalized spacial score (nSPS) is 15.4. The summed E-state index contributed by atoms with van der Waals surface area (Å²) in [5, 5.41) is 18.1. The van der Waals surface area contributed by atoms with Crippen LogP contribution in [0.25, 0.3) is 11.7 Å². The summed E-state index contributed by atoms with van der Waals surface area (Å²) in [6, 6.07) is 34.8. The second kappa shape index (κ2) is 22.1. The van der Waals surface area contributed by atoms with E-state index in [2.05, 4.69) is 100 Å². The Morgan fingerprint density at radius 1 is 0.886 bits per heavy atom. The largest absolute Gasteiger partial charge is 0.486 e. The third-order valence-electron chi connectivity index (χ3n) is 13.1. The number of benzene rings is 4. The van der Waals surface area contributed by atoms with Gasteiger partial charge in [-0.25, -0.2) is 18.6 Å². The maximum Gasteiger partial charge on any atom is 0.337 e. The number of unbranched alkanes of at least 4 members (excludes halogenated alkanes) is 1. The van der Waals surface area contributed by atoms with Crippen LogP contribution in [0.4, 0.5) is 14.6 Å². The van der Waals surface area contributed by atoms with Crippen LogP contribution in [0.1, 0.15) is 122 Å². The zero-order valence-corrected chi connectivity index (χ0v) is 43.3. The molecule has 0 bridgehead atoms. The van der Waals surface area contributed by atoms with Crippen molar-refractivity contribution in [1.29, 1.82) is 0 Å². The highest BCUT2D eigenvalue weighted by Crippen LogP contribution is 2.40. The van der Waals surface area contributed by atoms with E-state index in [0.29, 0.717) is 66.5 Å². The van der Waals surface area contributed by atoms with Gasteiger partial charge in [-0.15, -0.1) is 0 Å². The number of carboxylic acid groups (broad SMARTS) is 1. The SMILES string of the molecule is Cc1nc2cc(C=CCc3cc(F)cc(F)c3OCc3ccccc3)nn2c(N2CCC(C)(OCCCCC(C)O[Si](c3ccccc3)(c3ccccc3)C(C)(C)C)CC2)c1C(OC(C)(C)C)C(=O)O. The van der Waals surface area contributed by atoms with Crippen LogP contribution < -0.4 is 20.0 Å². The molecule has 2 unspecified atom stereocenters. The van der Waals surface area contributed by atoms with Crippen molar-refractivity contribution in [3.63, 3.8) is 0 Å². The first-order valence-electron chi connectivity index (χ1n) is 24.6. The van der Waals surface area contributed by atoms with Crippen LogP contribution in [0, 0.1) is 18.6 Å². The number of aliphatic carboxylic acids is 1. The summed E-state index contributed by atoms with van der Waals surface area (Å²) in [7, 11) is -2.66. The lowest BCUT2D eigenvalue weighted by atomic mass is 9.92. The molecular weight excluding hydrogens is 903 g/mol. The second-order valence-corrected chi connectivity index (χ2v) is 25.1. The van der Waals surface area contributed by atoms with E-state index >= 15 is 4.39 Å². The fourth-order valence-corrected chi connectivity index (χ4v) is 14.4.